The number of sulfonamides is 2. The highest BCUT2D eigenvalue weighted by Gasteiger charge is 2.31. The van der Waals surface area contributed by atoms with Gasteiger partial charge in [0, 0.05) is 34.8 Å². The van der Waals surface area contributed by atoms with Crippen LogP contribution in [0.3, 0.4) is 0 Å². The molecular weight excluding hydrogens is 486 g/mol. The first-order valence-corrected chi connectivity index (χ1v) is 14.6. The SMILES string of the molecule is COCC1(C)CCC(CN(C)c2ccccc2NS(=O)(=O)c2ccc(S(=O)(=O)N(C)C)cc2)CC1. The quantitative estimate of drug-likeness (QED) is 0.505. The lowest BCUT2D eigenvalue weighted by molar-refractivity contribution is 0.0505. The van der Waals surface area contributed by atoms with Gasteiger partial charge in [-0.25, -0.2) is 21.1 Å². The average Bonchev–Trinajstić information content (AvgIpc) is 2.81. The van der Waals surface area contributed by atoms with Crippen LogP contribution in [0.1, 0.15) is 32.6 Å². The van der Waals surface area contributed by atoms with Crippen molar-refractivity contribution in [2.24, 2.45) is 11.3 Å². The molecule has 1 aliphatic carbocycles. The Bertz CT molecular complexity index is 1200. The molecule has 0 atom stereocenters. The molecular formula is C25H37N3O5S2. The summed E-state index contributed by atoms with van der Waals surface area (Å²) in [7, 11) is -0.944. The Labute approximate surface area is 210 Å². The molecule has 10 heteroatoms. The standard InChI is InChI=1S/C25H37N3O5S2/c1-25(19-33-5)16-14-20(15-17-25)18-28(4)24-9-7-6-8-23(24)26-34(29,30)21-10-12-22(13-11-21)35(31,32)27(2)3/h6-13,20,26H,14-19H2,1-5H3. The van der Waals surface area contributed by atoms with Crippen LogP contribution in [-0.2, 0) is 24.8 Å². The topological polar surface area (TPSA) is 96.0 Å². The van der Waals surface area contributed by atoms with Crippen LogP contribution in [-0.4, -0.2) is 62.5 Å². The summed E-state index contributed by atoms with van der Waals surface area (Å²) in [6, 6.07) is 12.6. The fourth-order valence-electron chi connectivity index (χ4n) is 4.63. The van der Waals surface area contributed by atoms with Gasteiger partial charge in [-0.3, -0.25) is 4.72 Å². The molecule has 194 valence electrons. The average molecular weight is 524 g/mol. The molecule has 2 aromatic rings. The predicted octanol–water partition coefficient (Wildman–Crippen LogP) is 4.02. The summed E-state index contributed by atoms with van der Waals surface area (Å²) >= 11 is 0. The summed E-state index contributed by atoms with van der Waals surface area (Å²) < 4.78 is 59.9. The Balaban J connectivity index is 1.73. The molecule has 2 aromatic carbocycles. The van der Waals surface area contributed by atoms with E-state index in [9.17, 15) is 16.8 Å². The third kappa shape index (κ3) is 6.55. The van der Waals surface area contributed by atoms with Gasteiger partial charge in [-0.2, -0.15) is 0 Å². The van der Waals surface area contributed by atoms with Gasteiger partial charge in [-0.15, -0.1) is 0 Å². The second-order valence-corrected chi connectivity index (χ2v) is 13.8. The highest BCUT2D eigenvalue weighted by Crippen LogP contribution is 2.39. The van der Waals surface area contributed by atoms with Crippen molar-refractivity contribution < 1.29 is 21.6 Å². The number of nitrogens with one attached hydrogen (secondary N) is 1. The summed E-state index contributed by atoms with van der Waals surface area (Å²) in [6.45, 7) is 3.89. The molecule has 0 aromatic heterocycles. The monoisotopic (exact) mass is 523 g/mol. The number of hydrogen-bond donors (Lipinski definition) is 1. The first-order valence-electron chi connectivity index (χ1n) is 11.7. The van der Waals surface area contributed by atoms with E-state index in [2.05, 4.69) is 16.5 Å². The maximum Gasteiger partial charge on any atom is 0.261 e. The Morgan fingerprint density at radius 2 is 1.51 bits per heavy atom. The van der Waals surface area contributed by atoms with Gasteiger partial charge in [0.05, 0.1) is 27.8 Å². The summed E-state index contributed by atoms with van der Waals surface area (Å²) in [5.74, 6) is 0.529. The number of para-hydroxylation sites is 2. The second kappa shape index (κ2) is 10.9. The fourth-order valence-corrected chi connectivity index (χ4v) is 6.61. The minimum absolute atomic E-state index is 0.00243. The van der Waals surface area contributed by atoms with Gasteiger partial charge in [0.15, 0.2) is 0 Å². The summed E-state index contributed by atoms with van der Waals surface area (Å²) in [5, 5.41) is 0. The Hall–Kier alpha value is -2.14. The molecule has 0 spiro atoms. The van der Waals surface area contributed by atoms with Crippen molar-refractivity contribution in [3.8, 4) is 0 Å². The van der Waals surface area contributed by atoms with E-state index in [1.54, 1.807) is 19.2 Å². The van der Waals surface area contributed by atoms with Gasteiger partial charge in [-0.1, -0.05) is 19.1 Å². The minimum atomic E-state index is -3.91. The molecule has 1 N–H and O–H groups in total. The smallest absolute Gasteiger partial charge is 0.261 e. The summed E-state index contributed by atoms with van der Waals surface area (Å²) in [6.07, 6.45) is 4.46. The number of anilines is 2. The van der Waals surface area contributed by atoms with Gasteiger partial charge in [0.1, 0.15) is 0 Å². The Kier molecular flexibility index (Phi) is 8.52. The van der Waals surface area contributed by atoms with E-state index in [1.165, 1.54) is 38.4 Å². The molecule has 1 fully saturated rings. The molecule has 0 unspecified atom stereocenters. The lowest BCUT2D eigenvalue weighted by Gasteiger charge is -2.38. The van der Waals surface area contributed by atoms with E-state index in [0.29, 0.717) is 11.6 Å². The van der Waals surface area contributed by atoms with Gasteiger partial charge in [-0.05, 0) is 73.4 Å². The van der Waals surface area contributed by atoms with E-state index in [0.717, 1.165) is 48.8 Å². The number of methoxy groups -OCH3 is 1. The number of nitrogens with zero attached hydrogens (tertiary/aromatic N) is 2. The molecule has 0 aliphatic heterocycles. The van der Waals surface area contributed by atoms with Crippen LogP contribution in [0.4, 0.5) is 11.4 Å². The molecule has 8 nitrogen and oxygen atoms in total. The summed E-state index contributed by atoms with van der Waals surface area (Å²) in [4.78, 5) is 2.14. The third-order valence-corrected chi connectivity index (χ3v) is 10.0. The Morgan fingerprint density at radius 1 is 0.943 bits per heavy atom. The van der Waals surface area contributed by atoms with E-state index in [1.807, 2.05) is 19.2 Å². The zero-order valence-electron chi connectivity index (χ0n) is 21.2. The van der Waals surface area contributed by atoms with Crippen LogP contribution in [0.25, 0.3) is 0 Å². The van der Waals surface area contributed by atoms with Gasteiger partial charge in [0.2, 0.25) is 10.0 Å². The van der Waals surface area contributed by atoms with Crippen molar-refractivity contribution in [3.63, 3.8) is 0 Å². The van der Waals surface area contributed by atoms with Crippen molar-refractivity contribution in [1.29, 1.82) is 0 Å². The third-order valence-electron chi connectivity index (χ3n) is 6.81. The zero-order chi connectivity index (χ0) is 25.9. The Morgan fingerprint density at radius 3 is 2.09 bits per heavy atom. The number of ether oxygens (including phenoxy) is 1. The maximum atomic E-state index is 13.1. The van der Waals surface area contributed by atoms with Crippen LogP contribution < -0.4 is 9.62 Å². The highest BCUT2D eigenvalue weighted by atomic mass is 32.2. The van der Waals surface area contributed by atoms with E-state index in [4.69, 9.17) is 4.74 Å². The van der Waals surface area contributed by atoms with Crippen molar-refractivity contribution in [2.75, 3.05) is 51.0 Å². The van der Waals surface area contributed by atoms with Crippen molar-refractivity contribution >= 4 is 31.4 Å². The zero-order valence-corrected chi connectivity index (χ0v) is 22.8. The minimum Gasteiger partial charge on any atom is -0.384 e. The van der Waals surface area contributed by atoms with Gasteiger partial charge in [0.25, 0.3) is 10.0 Å². The summed E-state index contributed by atoms with van der Waals surface area (Å²) in [5.41, 5.74) is 1.52. The molecule has 1 saturated carbocycles. The molecule has 0 saturated heterocycles. The van der Waals surface area contributed by atoms with E-state index >= 15 is 0 Å². The van der Waals surface area contributed by atoms with Crippen molar-refractivity contribution in [3.05, 3.63) is 48.5 Å². The van der Waals surface area contributed by atoms with Gasteiger partial charge >= 0.3 is 0 Å². The predicted molar refractivity (Wildman–Crippen MR) is 140 cm³/mol. The first kappa shape index (κ1) is 27.4. The fraction of sp³-hybridized carbons (Fsp3) is 0.520. The molecule has 3 rings (SSSR count). The molecule has 0 radical (unpaired) electrons. The lowest BCUT2D eigenvalue weighted by atomic mass is 9.72. The molecule has 0 bridgehead atoms. The van der Waals surface area contributed by atoms with Crippen molar-refractivity contribution in [2.45, 2.75) is 42.4 Å². The maximum absolute atomic E-state index is 13.1. The van der Waals surface area contributed by atoms with Gasteiger partial charge < -0.3 is 9.64 Å². The lowest BCUT2D eigenvalue weighted by Crippen LogP contribution is -2.34. The van der Waals surface area contributed by atoms with E-state index < -0.39 is 20.0 Å². The van der Waals surface area contributed by atoms with Crippen LogP contribution in [0.2, 0.25) is 0 Å². The van der Waals surface area contributed by atoms with Crippen LogP contribution >= 0.6 is 0 Å². The number of hydrogen-bond acceptors (Lipinski definition) is 6. The molecule has 0 heterocycles. The highest BCUT2D eigenvalue weighted by molar-refractivity contribution is 7.92. The second-order valence-electron chi connectivity index (χ2n) is 9.95. The number of rotatable bonds is 10. The normalized spacial score (nSPS) is 21.1. The largest absolute Gasteiger partial charge is 0.384 e. The van der Waals surface area contributed by atoms with Crippen LogP contribution in [0.15, 0.2) is 58.3 Å². The molecule has 0 amide bonds. The number of benzene rings is 2. The van der Waals surface area contributed by atoms with Crippen LogP contribution in [0.5, 0.6) is 0 Å². The first-order chi connectivity index (χ1) is 16.4. The van der Waals surface area contributed by atoms with Crippen molar-refractivity contribution in [1.82, 2.24) is 4.31 Å². The van der Waals surface area contributed by atoms with E-state index in [-0.39, 0.29) is 15.2 Å². The molecule has 35 heavy (non-hydrogen) atoms. The molecule has 1 aliphatic rings. The van der Waals surface area contributed by atoms with Crippen LogP contribution in [0, 0.1) is 11.3 Å².